The molecule has 0 saturated heterocycles. The van der Waals surface area contributed by atoms with Gasteiger partial charge in [0.05, 0.1) is 9.79 Å². The molecule has 0 aromatic heterocycles. The van der Waals surface area contributed by atoms with Crippen LogP contribution in [0.1, 0.15) is 37.8 Å². The van der Waals surface area contributed by atoms with Crippen LogP contribution in [-0.4, -0.2) is 34.2 Å². The maximum Gasteiger partial charge on any atom is 0.261 e. The predicted molar refractivity (Wildman–Crippen MR) is 110 cm³/mol. The Morgan fingerprint density at radius 1 is 0.857 bits per heavy atom. The Hall–Kier alpha value is -1.90. The zero-order valence-electron chi connectivity index (χ0n) is 16.3. The Morgan fingerprint density at radius 3 is 2.04 bits per heavy atom. The second kappa shape index (κ2) is 7.85. The minimum absolute atomic E-state index is 0.125. The lowest BCUT2D eigenvalue weighted by atomic mass is 9.92. The first-order valence-corrected chi connectivity index (χ1v) is 12.3. The zero-order chi connectivity index (χ0) is 20.5. The van der Waals surface area contributed by atoms with Crippen molar-refractivity contribution < 1.29 is 16.8 Å². The van der Waals surface area contributed by atoms with Crippen LogP contribution >= 0.6 is 0 Å². The summed E-state index contributed by atoms with van der Waals surface area (Å²) in [6, 6.07) is 10.9. The first-order valence-electron chi connectivity index (χ1n) is 9.34. The van der Waals surface area contributed by atoms with Crippen LogP contribution in [0.15, 0.2) is 52.3 Å². The zero-order valence-corrected chi connectivity index (χ0v) is 18.0. The molecule has 0 spiro atoms. The van der Waals surface area contributed by atoms with Gasteiger partial charge in [-0.25, -0.2) is 16.8 Å². The summed E-state index contributed by atoms with van der Waals surface area (Å²) >= 11 is 0. The Kier molecular flexibility index (Phi) is 5.84. The Balaban J connectivity index is 1.82. The van der Waals surface area contributed by atoms with Gasteiger partial charge >= 0.3 is 0 Å². The molecule has 8 heteroatoms. The third-order valence-electron chi connectivity index (χ3n) is 5.14. The van der Waals surface area contributed by atoms with Crippen molar-refractivity contribution in [2.75, 3.05) is 11.8 Å². The first-order chi connectivity index (χ1) is 13.1. The molecule has 0 fully saturated rings. The lowest BCUT2D eigenvalue weighted by Crippen LogP contribution is -2.33. The minimum atomic E-state index is -3.73. The fourth-order valence-electron chi connectivity index (χ4n) is 3.23. The number of nitrogens with one attached hydrogen (secondary N) is 1. The van der Waals surface area contributed by atoms with Gasteiger partial charge in [-0.3, -0.25) is 4.72 Å². The van der Waals surface area contributed by atoms with Gasteiger partial charge in [0.25, 0.3) is 10.0 Å². The molecule has 152 valence electrons. The quantitative estimate of drug-likeness (QED) is 0.773. The highest BCUT2D eigenvalue weighted by Gasteiger charge is 2.23. The average Bonchev–Trinajstić information content (AvgIpc) is 2.67. The van der Waals surface area contributed by atoms with Crippen molar-refractivity contribution in [1.82, 2.24) is 4.31 Å². The molecule has 0 heterocycles. The Labute approximate surface area is 167 Å². The molecule has 0 amide bonds. The van der Waals surface area contributed by atoms with Gasteiger partial charge in [-0.05, 0) is 87.1 Å². The van der Waals surface area contributed by atoms with E-state index >= 15 is 0 Å². The van der Waals surface area contributed by atoms with Crippen LogP contribution in [0.5, 0.6) is 0 Å². The summed E-state index contributed by atoms with van der Waals surface area (Å²) < 4.78 is 54.3. The maximum absolute atomic E-state index is 12.7. The summed E-state index contributed by atoms with van der Waals surface area (Å²) in [5.41, 5.74) is 2.63. The van der Waals surface area contributed by atoms with Gasteiger partial charge in [0.15, 0.2) is 0 Å². The number of anilines is 1. The third kappa shape index (κ3) is 4.24. The molecule has 1 aliphatic carbocycles. The number of hydrogen-bond acceptors (Lipinski definition) is 4. The molecule has 28 heavy (non-hydrogen) atoms. The van der Waals surface area contributed by atoms with Gasteiger partial charge in [0.2, 0.25) is 10.0 Å². The number of sulfonamides is 2. The van der Waals surface area contributed by atoms with E-state index in [9.17, 15) is 16.8 Å². The highest BCUT2D eigenvalue weighted by Crippen LogP contribution is 2.26. The van der Waals surface area contributed by atoms with E-state index in [1.54, 1.807) is 26.0 Å². The van der Waals surface area contributed by atoms with Gasteiger partial charge < -0.3 is 0 Å². The highest BCUT2D eigenvalue weighted by atomic mass is 32.2. The molecule has 1 aliphatic rings. The number of aryl methyl sites for hydroxylation is 2. The molecule has 0 saturated carbocycles. The van der Waals surface area contributed by atoms with E-state index in [1.165, 1.54) is 41.2 Å². The number of fused-ring (bicyclic) bond motifs is 1. The van der Waals surface area contributed by atoms with E-state index in [-0.39, 0.29) is 15.8 Å². The van der Waals surface area contributed by atoms with Gasteiger partial charge in [0.1, 0.15) is 0 Å². The standard InChI is InChI=1S/C20H26N2O4S2/c1-15(2)22(3)28(25,26)19-12-9-18(10-13-19)21-27(23,24)20-11-8-16-6-4-5-7-17(16)14-20/h8-15,21H,4-7H2,1-3H3. The summed E-state index contributed by atoms with van der Waals surface area (Å²) in [7, 11) is -5.82. The molecule has 0 unspecified atom stereocenters. The summed E-state index contributed by atoms with van der Waals surface area (Å²) in [6.45, 7) is 3.58. The lowest BCUT2D eigenvalue weighted by molar-refractivity contribution is 0.410. The van der Waals surface area contributed by atoms with Crippen molar-refractivity contribution in [2.24, 2.45) is 0 Å². The first kappa shape index (κ1) is 20.8. The maximum atomic E-state index is 12.7. The van der Waals surface area contributed by atoms with Crippen molar-refractivity contribution in [3.8, 4) is 0 Å². The van der Waals surface area contributed by atoms with Crippen LogP contribution in [0, 0.1) is 0 Å². The Bertz CT molecular complexity index is 1060. The van der Waals surface area contributed by atoms with Crippen LogP contribution in [0.3, 0.4) is 0 Å². The van der Waals surface area contributed by atoms with Crippen LogP contribution in [0.4, 0.5) is 5.69 Å². The van der Waals surface area contributed by atoms with Gasteiger partial charge in [-0.1, -0.05) is 6.07 Å². The third-order valence-corrected chi connectivity index (χ3v) is 8.57. The van der Waals surface area contributed by atoms with Crippen LogP contribution in [0.2, 0.25) is 0 Å². The van der Waals surface area contributed by atoms with E-state index in [4.69, 9.17) is 0 Å². The average molecular weight is 423 g/mol. The molecule has 2 aromatic carbocycles. The molecule has 2 aromatic rings. The largest absolute Gasteiger partial charge is 0.280 e. The van der Waals surface area contributed by atoms with E-state index in [2.05, 4.69) is 4.72 Å². The predicted octanol–water partition coefficient (Wildman–Crippen LogP) is 3.40. The van der Waals surface area contributed by atoms with Gasteiger partial charge in [-0.15, -0.1) is 0 Å². The van der Waals surface area contributed by atoms with Crippen molar-refractivity contribution in [1.29, 1.82) is 0 Å². The van der Waals surface area contributed by atoms with Crippen molar-refractivity contribution in [3.05, 3.63) is 53.6 Å². The summed E-state index contributed by atoms with van der Waals surface area (Å²) in [4.78, 5) is 0.352. The molecular formula is C20H26N2O4S2. The number of nitrogens with zero attached hydrogens (tertiary/aromatic N) is 1. The normalized spacial score (nSPS) is 14.9. The molecule has 0 atom stereocenters. The summed E-state index contributed by atoms with van der Waals surface area (Å²) in [5.74, 6) is 0. The van der Waals surface area contributed by atoms with Gasteiger partial charge in [0, 0.05) is 18.8 Å². The van der Waals surface area contributed by atoms with E-state index < -0.39 is 20.0 Å². The highest BCUT2D eigenvalue weighted by molar-refractivity contribution is 7.92. The van der Waals surface area contributed by atoms with E-state index in [1.807, 2.05) is 6.07 Å². The van der Waals surface area contributed by atoms with Crippen LogP contribution < -0.4 is 4.72 Å². The van der Waals surface area contributed by atoms with E-state index in [0.717, 1.165) is 31.2 Å². The Morgan fingerprint density at radius 2 is 1.43 bits per heavy atom. The smallest absolute Gasteiger partial charge is 0.261 e. The molecular weight excluding hydrogens is 396 g/mol. The summed E-state index contributed by atoms with van der Waals surface area (Å²) in [5, 5.41) is 0. The topological polar surface area (TPSA) is 83.6 Å². The fourth-order valence-corrected chi connectivity index (χ4v) is 5.71. The molecule has 3 rings (SSSR count). The SMILES string of the molecule is CC(C)N(C)S(=O)(=O)c1ccc(NS(=O)(=O)c2ccc3c(c2)CCCC3)cc1. The minimum Gasteiger partial charge on any atom is -0.280 e. The number of rotatable bonds is 6. The molecule has 1 N–H and O–H groups in total. The van der Waals surface area contributed by atoms with Gasteiger partial charge in [-0.2, -0.15) is 4.31 Å². The van der Waals surface area contributed by atoms with Crippen molar-refractivity contribution in [2.45, 2.75) is 55.4 Å². The molecule has 6 nitrogen and oxygen atoms in total. The molecule has 0 radical (unpaired) electrons. The molecule has 0 aliphatic heterocycles. The summed E-state index contributed by atoms with van der Waals surface area (Å²) in [6.07, 6.45) is 4.10. The van der Waals surface area contributed by atoms with Crippen molar-refractivity contribution in [3.63, 3.8) is 0 Å². The second-order valence-corrected chi connectivity index (χ2v) is 11.1. The van der Waals surface area contributed by atoms with Crippen LogP contribution in [0.25, 0.3) is 0 Å². The second-order valence-electron chi connectivity index (χ2n) is 7.38. The fraction of sp³-hybridized carbons (Fsp3) is 0.400. The van der Waals surface area contributed by atoms with E-state index in [0.29, 0.717) is 5.69 Å². The lowest BCUT2D eigenvalue weighted by Gasteiger charge is -2.21. The molecule has 0 bridgehead atoms. The van der Waals surface area contributed by atoms with Crippen LogP contribution in [-0.2, 0) is 32.9 Å². The monoisotopic (exact) mass is 422 g/mol. The van der Waals surface area contributed by atoms with Crippen molar-refractivity contribution >= 4 is 25.7 Å². The number of hydrogen-bond donors (Lipinski definition) is 1. The number of benzene rings is 2.